The molecule has 0 aliphatic heterocycles. The SMILES string of the molecule is O=S(=O)(Nc1ccc(Br)c(Cl)c1Cl)c1ccccc1CO. The standard InChI is InChI=1S/C13H10BrCl2NO3S/c14-9-5-6-10(13(16)12(9)15)17-21(19,20)11-4-2-1-3-8(11)7-18/h1-6,17-18H,7H2. The monoisotopic (exact) mass is 409 g/mol. The van der Waals surface area contributed by atoms with E-state index in [-0.39, 0.29) is 27.2 Å². The van der Waals surface area contributed by atoms with Gasteiger partial charge in [-0.15, -0.1) is 0 Å². The normalized spacial score (nSPS) is 11.4. The van der Waals surface area contributed by atoms with Crippen LogP contribution in [0.5, 0.6) is 0 Å². The van der Waals surface area contributed by atoms with Gasteiger partial charge in [-0.25, -0.2) is 8.42 Å². The molecule has 0 fully saturated rings. The second kappa shape index (κ2) is 6.54. The zero-order valence-electron chi connectivity index (χ0n) is 10.5. The van der Waals surface area contributed by atoms with Crippen molar-refractivity contribution in [3.05, 3.63) is 56.5 Å². The zero-order chi connectivity index (χ0) is 15.6. The van der Waals surface area contributed by atoms with Gasteiger partial charge in [-0.05, 0) is 39.7 Å². The number of benzene rings is 2. The maximum absolute atomic E-state index is 12.4. The molecule has 112 valence electrons. The van der Waals surface area contributed by atoms with Gasteiger partial charge in [-0.1, -0.05) is 41.4 Å². The molecule has 0 heterocycles. The predicted molar refractivity (Wildman–Crippen MR) is 87.3 cm³/mol. The van der Waals surface area contributed by atoms with E-state index in [0.717, 1.165) is 0 Å². The van der Waals surface area contributed by atoms with E-state index in [1.165, 1.54) is 18.2 Å². The van der Waals surface area contributed by atoms with Crippen LogP contribution < -0.4 is 4.72 Å². The fourth-order valence-electron chi connectivity index (χ4n) is 1.70. The first-order valence-corrected chi connectivity index (χ1v) is 8.75. The van der Waals surface area contributed by atoms with Crippen LogP contribution in [0.3, 0.4) is 0 Å². The minimum absolute atomic E-state index is 0.0115. The number of halogens is 3. The lowest BCUT2D eigenvalue weighted by atomic mass is 10.2. The predicted octanol–water partition coefficient (Wildman–Crippen LogP) is 4.05. The fraction of sp³-hybridized carbons (Fsp3) is 0.0769. The highest BCUT2D eigenvalue weighted by molar-refractivity contribution is 9.10. The maximum atomic E-state index is 12.4. The number of nitrogens with one attached hydrogen (secondary N) is 1. The molecule has 0 bridgehead atoms. The molecule has 0 saturated carbocycles. The van der Waals surface area contributed by atoms with Crippen LogP contribution in [0, 0.1) is 0 Å². The number of aliphatic hydroxyl groups is 1. The van der Waals surface area contributed by atoms with Gasteiger partial charge in [0.05, 0.1) is 27.2 Å². The lowest BCUT2D eigenvalue weighted by molar-refractivity contribution is 0.278. The molecule has 0 aromatic heterocycles. The Morgan fingerprint density at radius 2 is 1.76 bits per heavy atom. The smallest absolute Gasteiger partial charge is 0.262 e. The van der Waals surface area contributed by atoms with Crippen LogP contribution in [0.25, 0.3) is 0 Å². The summed E-state index contributed by atoms with van der Waals surface area (Å²) in [5.41, 5.74) is 0.460. The molecule has 0 amide bonds. The summed E-state index contributed by atoms with van der Waals surface area (Å²) in [4.78, 5) is -0.0115. The quantitative estimate of drug-likeness (QED) is 0.747. The number of hydrogen-bond acceptors (Lipinski definition) is 3. The summed E-state index contributed by atoms with van der Waals surface area (Å²) in [6.45, 7) is -0.383. The number of anilines is 1. The molecular weight excluding hydrogens is 401 g/mol. The summed E-state index contributed by atoms with van der Waals surface area (Å²) < 4.78 is 27.7. The Kier molecular flexibility index (Phi) is 5.16. The largest absolute Gasteiger partial charge is 0.392 e. The second-order valence-corrected chi connectivity index (χ2v) is 7.36. The van der Waals surface area contributed by atoms with Crippen LogP contribution >= 0.6 is 39.1 Å². The third kappa shape index (κ3) is 3.52. The summed E-state index contributed by atoms with van der Waals surface area (Å²) in [6.07, 6.45) is 0. The summed E-state index contributed by atoms with van der Waals surface area (Å²) in [6, 6.07) is 9.24. The van der Waals surface area contributed by atoms with Gasteiger partial charge in [0, 0.05) is 4.47 Å². The van der Waals surface area contributed by atoms with Crippen molar-refractivity contribution < 1.29 is 13.5 Å². The molecule has 2 aromatic carbocycles. The number of hydrogen-bond donors (Lipinski definition) is 2. The van der Waals surface area contributed by atoms with Crippen LogP contribution in [0.1, 0.15) is 5.56 Å². The van der Waals surface area contributed by atoms with E-state index in [9.17, 15) is 13.5 Å². The molecule has 21 heavy (non-hydrogen) atoms. The van der Waals surface area contributed by atoms with Gasteiger partial charge in [0.2, 0.25) is 0 Å². The Morgan fingerprint density at radius 3 is 2.43 bits per heavy atom. The molecule has 0 aliphatic rings. The molecule has 0 radical (unpaired) electrons. The zero-order valence-corrected chi connectivity index (χ0v) is 14.4. The van der Waals surface area contributed by atoms with E-state index >= 15 is 0 Å². The second-order valence-electron chi connectivity index (χ2n) is 4.09. The van der Waals surface area contributed by atoms with Crippen molar-refractivity contribution >= 4 is 54.8 Å². The average Bonchev–Trinajstić information content (AvgIpc) is 2.48. The van der Waals surface area contributed by atoms with Crippen molar-refractivity contribution in [3.8, 4) is 0 Å². The van der Waals surface area contributed by atoms with E-state index in [1.54, 1.807) is 18.2 Å². The Balaban J connectivity index is 2.45. The van der Waals surface area contributed by atoms with E-state index in [4.69, 9.17) is 23.2 Å². The molecule has 2 rings (SSSR count). The van der Waals surface area contributed by atoms with Crippen molar-refractivity contribution in [1.29, 1.82) is 0 Å². The third-order valence-corrected chi connectivity index (χ3v) is 5.95. The molecule has 8 heteroatoms. The van der Waals surface area contributed by atoms with Crippen molar-refractivity contribution in [1.82, 2.24) is 0 Å². The van der Waals surface area contributed by atoms with E-state index in [2.05, 4.69) is 20.7 Å². The molecule has 2 N–H and O–H groups in total. The van der Waals surface area contributed by atoms with Gasteiger partial charge in [0.1, 0.15) is 0 Å². The minimum Gasteiger partial charge on any atom is -0.392 e. The topological polar surface area (TPSA) is 66.4 Å². The highest BCUT2D eigenvalue weighted by atomic mass is 79.9. The highest BCUT2D eigenvalue weighted by Crippen LogP contribution is 2.36. The number of aliphatic hydroxyl groups excluding tert-OH is 1. The van der Waals surface area contributed by atoms with Gasteiger partial charge >= 0.3 is 0 Å². The lowest BCUT2D eigenvalue weighted by Gasteiger charge is -2.13. The Hall–Kier alpha value is -0.790. The number of rotatable bonds is 4. The molecular formula is C13H10BrCl2NO3S. The van der Waals surface area contributed by atoms with E-state index in [1.807, 2.05) is 0 Å². The minimum atomic E-state index is -3.88. The molecule has 0 saturated heterocycles. The van der Waals surface area contributed by atoms with Crippen molar-refractivity contribution in [2.45, 2.75) is 11.5 Å². The summed E-state index contributed by atoms with van der Waals surface area (Å²) in [5, 5.41) is 9.55. The van der Waals surface area contributed by atoms with Crippen LogP contribution in [-0.2, 0) is 16.6 Å². The van der Waals surface area contributed by atoms with Gasteiger partial charge in [-0.2, -0.15) is 0 Å². The van der Waals surface area contributed by atoms with Crippen molar-refractivity contribution in [3.63, 3.8) is 0 Å². The maximum Gasteiger partial charge on any atom is 0.262 e. The fourth-order valence-corrected chi connectivity index (χ4v) is 3.88. The first-order valence-electron chi connectivity index (χ1n) is 5.72. The summed E-state index contributed by atoms with van der Waals surface area (Å²) in [5.74, 6) is 0. The molecule has 0 atom stereocenters. The first-order chi connectivity index (χ1) is 9.86. The summed E-state index contributed by atoms with van der Waals surface area (Å²) >= 11 is 15.2. The van der Waals surface area contributed by atoms with Gasteiger partial charge < -0.3 is 5.11 Å². The Labute approximate surface area is 140 Å². The molecule has 0 aliphatic carbocycles. The van der Waals surface area contributed by atoms with Crippen LogP contribution in [-0.4, -0.2) is 13.5 Å². The van der Waals surface area contributed by atoms with Crippen LogP contribution in [0.2, 0.25) is 10.0 Å². The third-order valence-electron chi connectivity index (χ3n) is 2.71. The van der Waals surface area contributed by atoms with Gasteiger partial charge in [0.25, 0.3) is 10.0 Å². The molecule has 4 nitrogen and oxygen atoms in total. The van der Waals surface area contributed by atoms with Crippen molar-refractivity contribution in [2.75, 3.05) is 4.72 Å². The van der Waals surface area contributed by atoms with Crippen molar-refractivity contribution in [2.24, 2.45) is 0 Å². The Bertz CT molecular complexity index is 781. The van der Waals surface area contributed by atoms with Gasteiger partial charge in [-0.3, -0.25) is 4.72 Å². The molecule has 0 unspecified atom stereocenters. The van der Waals surface area contributed by atoms with Crippen LogP contribution in [0.4, 0.5) is 5.69 Å². The van der Waals surface area contributed by atoms with Gasteiger partial charge in [0.15, 0.2) is 0 Å². The molecule has 0 spiro atoms. The summed E-state index contributed by atoms with van der Waals surface area (Å²) in [7, 11) is -3.88. The Morgan fingerprint density at radius 1 is 1.10 bits per heavy atom. The first kappa shape index (κ1) is 16.6. The van der Waals surface area contributed by atoms with Crippen LogP contribution in [0.15, 0.2) is 45.8 Å². The van der Waals surface area contributed by atoms with E-state index < -0.39 is 10.0 Å². The number of sulfonamides is 1. The lowest BCUT2D eigenvalue weighted by Crippen LogP contribution is -2.15. The van der Waals surface area contributed by atoms with E-state index in [0.29, 0.717) is 10.0 Å². The average molecular weight is 411 g/mol. The molecule has 2 aromatic rings. The highest BCUT2D eigenvalue weighted by Gasteiger charge is 2.20.